The van der Waals surface area contributed by atoms with Gasteiger partial charge in [-0.2, -0.15) is 0 Å². The van der Waals surface area contributed by atoms with Crippen molar-refractivity contribution in [1.82, 2.24) is 0 Å². The van der Waals surface area contributed by atoms with E-state index in [2.05, 4.69) is 25.1 Å². The average molecular weight is 575 g/mol. The predicted octanol–water partition coefficient (Wildman–Crippen LogP) is 6.70. The van der Waals surface area contributed by atoms with E-state index in [0.717, 1.165) is 43.0 Å². The number of fused-ring (bicyclic) bond motifs is 5. The molecule has 5 atom stereocenters. The summed E-state index contributed by atoms with van der Waals surface area (Å²) < 4.78 is 32.9. The van der Waals surface area contributed by atoms with Crippen molar-refractivity contribution >= 4 is 5.97 Å². The number of methoxy groups -OCH3 is 1. The van der Waals surface area contributed by atoms with Gasteiger partial charge < -0.3 is 28.4 Å². The van der Waals surface area contributed by atoms with Crippen LogP contribution in [0.25, 0.3) is 0 Å². The highest BCUT2D eigenvalue weighted by molar-refractivity contribution is 5.71. The number of unbranched alkanes of at least 4 members (excludes halogenated alkanes) is 1. The van der Waals surface area contributed by atoms with Crippen molar-refractivity contribution in [2.24, 2.45) is 23.2 Å². The van der Waals surface area contributed by atoms with Crippen LogP contribution in [0.5, 0.6) is 5.75 Å². The number of hydrogen-bond acceptors (Lipinski definition) is 7. The van der Waals surface area contributed by atoms with Crippen LogP contribution in [-0.2, 0) is 34.9 Å². The van der Waals surface area contributed by atoms with Gasteiger partial charge in [0.25, 0.3) is 0 Å². The summed E-state index contributed by atoms with van der Waals surface area (Å²) in [6, 6.07) is 6.79. The highest BCUT2D eigenvalue weighted by Crippen LogP contribution is 2.62. The molecule has 3 aliphatic carbocycles. The minimum atomic E-state index is -0.491. The van der Waals surface area contributed by atoms with E-state index >= 15 is 0 Å². The second kappa shape index (κ2) is 15.2. The minimum absolute atomic E-state index is 0.0476. The Balaban J connectivity index is 1.17. The largest absolute Gasteiger partial charge is 0.468 e. The third-order valence-corrected chi connectivity index (χ3v) is 9.50. The number of carbonyl (C=O) groups is 1. The van der Waals surface area contributed by atoms with Crippen molar-refractivity contribution < 1.29 is 33.2 Å². The van der Waals surface area contributed by atoms with Crippen molar-refractivity contribution in [1.29, 1.82) is 0 Å². The van der Waals surface area contributed by atoms with Gasteiger partial charge in [-0.15, -0.1) is 0 Å². The molecular weight excluding hydrogens is 520 g/mol. The van der Waals surface area contributed by atoms with Gasteiger partial charge in [-0.05, 0) is 118 Å². The summed E-state index contributed by atoms with van der Waals surface area (Å²) in [5.74, 6) is 3.67. The van der Waals surface area contributed by atoms with Gasteiger partial charge in [0.15, 0.2) is 6.79 Å². The molecule has 0 aromatic heterocycles. The first-order chi connectivity index (χ1) is 19.7. The van der Waals surface area contributed by atoms with Crippen molar-refractivity contribution in [2.75, 3.05) is 53.5 Å². The first kappa shape index (κ1) is 32.2. The van der Waals surface area contributed by atoms with Crippen LogP contribution in [-0.4, -0.2) is 65.1 Å². The van der Waals surface area contributed by atoms with Crippen LogP contribution in [0.15, 0.2) is 18.2 Å². The Labute approximate surface area is 247 Å². The number of esters is 1. The van der Waals surface area contributed by atoms with Crippen molar-refractivity contribution in [3.8, 4) is 5.75 Å². The summed E-state index contributed by atoms with van der Waals surface area (Å²) in [7, 11) is 1.67. The Morgan fingerprint density at radius 3 is 2.49 bits per heavy atom. The fraction of sp³-hybridized carbons (Fsp3) is 0.794. The molecule has 2 fully saturated rings. The first-order valence-electron chi connectivity index (χ1n) is 15.9. The number of carbonyl (C=O) groups excluding carboxylic acids is 1. The van der Waals surface area contributed by atoms with E-state index in [1.165, 1.54) is 50.5 Å². The molecule has 7 nitrogen and oxygen atoms in total. The fourth-order valence-corrected chi connectivity index (χ4v) is 7.83. The van der Waals surface area contributed by atoms with E-state index in [-0.39, 0.29) is 12.6 Å². The predicted molar refractivity (Wildman–Crippen MR) is 159 cm³/mol. The highest BCUT2D eigenvalue weighted by Gasteiger charge is 2.52. The summed E-state index contributed by atoms with van der Waals surface area (Å²) in [5, 5.41) is 0. The topological polar surface area (TPSA) is 72.5 Å². The maximum atomic E-state index is 11.6. The zero-order chi connectivity index (χ0) is 29.3. The first-order valence-corrected chi connectivity index (χ1v) is 15.9. The molecular formula is C34H54O7. The Morgan fingerprint density at radius 1 is 0.976 bits per heavy atom. The second-order valence-corrected chi connectivity index (χ2v) is 13.6. The molecule has 0 saturated heterocycles. The van der Waals surface area contributed by atoms with Gasteiger partial charge in [0.2, 0.25) is 0 Å². The normalized spacial score (nSPS) is 27.1. The van der Waals surface area contributed by atoms with Gasteiger partial charge in [0.1, 0.15) is 18.0 Å². The van der Waals surface area contributed by atoms with Gasteiger partial charge in [-0.3, -0.25) is 0 Å². The molecule has 0 bridgehead atoms. The molecule has 4 rings (SSSR count). The Hall–Kier alpha value is -1.67. The molecule has 0 N–H and O–H groups in total. The van der Waals surface area contributed by atoms with Crippen LogP contribution in [0.4, 0.5) is 0 Å². The zero-order valence-electron chi connectivity index (χ0n) is 26.2. The van der Waals surface area contributed by atoms with E-state index in [9.17, 15) is 4.79 Å². The SMILES string of the molecule is COCOc1ccc2c(c1)CC(CCCCOCCOCCOCC(=O)OC(C)(C)C)C1C2CCC2(C)CCCC12. The molecule has 41 heavy (non-hydrogen) atoms. The van der Waals surface area contributed by atoms with Crippen LogP contribution in [0.1, 0.15) is 96.1 Å². The lowest BCUT2D eigenvalue weighted by atomic mass is 9.52. The summed E-state index contributed by atoms with van der Waals surface area (Å²) in [6.45, 7) is 11.0. The van der Waals surface area contributed by atoms with E-state index < -0.39 is 5.60 Å². The summed E-state index contributed by atoms with van der Waals surface area (Å²) in [6.07, 6.45) is 11.6. The molecule has 0 aliphatic heterocycles. The minimum Gasteiger partial charge on any atom is -0.468 e. The highest BCUT2D eigenvalue weighted by atomic mass is 16.7. The van der Waals surface area contributed by atoms with E-state index in [1.807, 2.05) is 20.8 Å². The standard InChI is InChI=1S/C34H54O7/c1-33(2,3)41-31(35)23-39-20-19-38-18-17-37-16-7-6-9-25-21-26-22-27(40-24-36-5)11-12-28(26)29-13-15-34(4)14-8-10-30(34)32(25)29/h11-12,22,25,29-30,32H,6-10,13-21,23-24H2,1-5H3. The molecule has 232 valence electrons. The van der Waals surface area contributed by atoms with Gasteiger partial charge >= 0.3 is 5.97 Å². The summed E-state index contributed by atoms with van der Waals surface area (Å²) >= 11 is 0. The summed E-state index contributed by atoms with van der Waals surface area (Å²) in [4.78, 5) is 11.6. The summed E-state index contributed by atoms with van der Waals surface area (Å²) in [5.41, 5.74) is 3.14. The molecule has 0 spiro atoms. The number of rotatable bonds is 16. The van der Waals surface area contributed by atoms with Crippen LogP contribution in [0, 0.1) is 23.2 Å². The van der Waals surface area contributed by atoms with Crippen LogP contribution in [0.3, 0.4) is 0 Å². The van der Waals surface area contributed by atoms with E-state index in [0.29, 0.717) is 44.6 Å². The number of ether oxygens (including phenoxy) is 6. The Bertz CT molecular complexity index is 957. The van der Waals surface area contributed by atoms with Gasteiger partial charge in [-0.1, -0.05) is 25.8 Å². The maximum Gasteiger partial charge on any atom is 0.332 e. The number of benzene rings is 1. The van der Waals surface area contributed by atoms with Crippen molar-refractivity contribution in [2.45, 2.75) is 97.0 Å². The molecule has 7 heteroatoms. The second-order valence-electron chi connectivity index (χ2n) is 13.6. The van der Waals surface area contributed by atoms with E-state index in [1.54, 1.807) is 12.7 Å². The molecule has 1 aromatic rings. The molecule has 5 unspecified atom stereocenters. The molecule has 2 saturated carbocycles. The Kier molecular flexibility index (Phi) is 11.9. The molecule has 0 amide bonds. The lowest BCUT2D eigenvalue weighted by Gasteiger charge is -2.52. The molecule has 3 aliphatic rings. The third kappa shape index (κ3) is 9.16. The quantitative estimate of drug-likeness (QED) is 0.124. The average Bonchev–Trinajstić information content (AvgIpc) is 3.32. The third-order valence-electron chi connectivity index (χ3n) is 9.50. The van der Waals surface area contributed by atoms with Gasteiger partial charge in [0.05, 0.1) is 26.4 Å². The molecule has 1 aromatic carbocycles. The van der Waals surface area contributed by atoms with Gasteiger partial charge in [-0.25, -0.2) is 4.79 Å². The monoisotopic (exact) mass is 574 g/mol. The van der Waals surface area contributed by atoms with Crippen LogP contribution >= 0.6 is 0 Å². The molecule has 0 radical (unpaired) electrons. The lowest BCUT2D eigenvalue weighted by Crippen LogP contribution is -2.44. The van der Waals surface area contributed by atoms with E-state index in [4.69, 9.17) is 28.4 Å². The van der Waals surface area contributed by atoms with Crippen molar-refractivity contribution in [3.63, 3.8) is 0 Å². The van der Waals surface area contributed by atoms with Gasteiger partial charge in [0, 0.05) is 13.7 Å². The Morgan fingerprint density at radius 2 is 1.73 bits per heavy atom. The fourth-order valence-electron chi connectivity index (χ4n) is 7.83. The zero-order valence-corrected chi connectivity index (χ0v) is 26.2. The maximum absolute atomic E-state index is 11.6. The number of hydrogen-bond donors (Lipinski definition) is 0. The molecule has 0 heterocycles. The smallest absolute Gasteiger partial charge is 0.332 e. The van der Waals surface area contributed by atoms with Crippen LogP contribution < -0.4 is 4.74 Å². The lowest BCUT2D eigenvalue weighted by molar-refractivity contribution is -0.160. The van der Waals surface area contributed by atoms with Crippen LogP contribution in [0.2, 0.25) is 0 Å². The van der Waals surface area contributed by atoms with Crippen molar-refractivity contribution in [3.05, 3.63) is 29.3 Å².